The van der Waals surface area contributed by atoms with Crippen molar-refractivity contribution in [2.75, 3.05) is 5.73 Å². The molecule has 0 aliphatic heterocycles. The van der Waals surface area contributed by atoms with E-state index in [0.717, 1.165) is 32.1 Å². The summed E-state index contributed by atoms with van der Waals surface area (Å²) < 4.78 is 27.8. The van der Waals surface area contributed by atoms with Crippen molar-refractivity contribution < 1.29 is 8.42 Å². The number of rotatable bonds is 3. The second kappa shape index (κ2) is 5.72. The van der Waals surface area contributed by atoms with Crippen LogP contribution in [0.25, 0.3) is 0 Å². The summed E-state index contributed by atoms with van der Waals surface area (Å²) in [6, 6.07) is 2.78. The first-order valence-electron chi connectivity index (χ1n) is 6.52. The molecule has 4 nitrogen and oxygen atoms in total. The van der Waals surface area contributed by atoms with Gasteiger partial charge in [-0.1, -0.05) is 42.5 Å². The molecule has 0 amide bonds. The van der Waals surface area contributed by atoms with Crippen molar-refractivity contribution >= 4 is 38.9 Å². The van der Waals surface area contributed by atoms with E-state index in [1.54, 1.807) is 0 Å². The molecule has 7 heteroatoms. The van der Waals surface area contributed by atoms with Crippen LogP contribution in [0.4, 0.5) is 5.69 Å². The van der Waals surface area contributed by atoms with Crippen LogP contribution in [0, 0.1) is 0 Å². The number of halogens is 2. The minimum atomic E-state index is -3.76. The van der Waals surface area contributed by atoms with Gasteiger partial charge in [-0.25, -0.2) is 13.1 Å². The van der Waals surface area contributed by atoms with E-state index in [-0.39, 0.29) is 15.6 Å². The number of benzene rings is 1. The van der Waals surface area contributed by atoms with Crippen LogP contribution in [0.15, 0.2) is 17.0 Å². The Morgan fingerprint density at radius 3 is 2.35 bits per heavy atom. The molecule has 0 radical (unpaired) electrons. The number of hydrogen-bond acceptors (Lipinski definition) is 3. The van der Waals surface area contributed by atoms with Gasteiger partial charge >= 0.3 is 0 Å². The number of anilines is 1. The molecule has 0 atom stereocenters. The van der Waals surface area contributed by atoms with Crippen LogP contribution in [0.3, 0.4) is 0 Å². The minimum Gasteiger partial charge on any atom is -0.398 e. The minimum absolute atomic E-state index is 0.0434. The van der Waals surface area contributed by atoms with Crippen LogP contribution >= 0.6 is 23.2 Å². The van der Waals surface area contributed by atoms with Gasteiger partial charge in [0.15, 0.2) is 0 Å². The first-order valence-corrected chi connectivity index (χ1v) is 8.76. The number of nitrogens with two attached hydrogens (primary N) is 1. The maximum atomic E-state index is 12.5. The Morgan fingerprint density at radius 1 is 1.20 bits per heavy atom. The molecule has 3 N–H and O–H groups in total. The average Bonchev–Trinajstić information content (AvgIpc) is 2.25. The van der Waals surface area contributed by atoms with Gasteiger partial charge in [-0.2, -0.15) is 0 Å². The molecule has 1 aliphatic rings. The van der Waals surface area contributed by atoms with E-state index < -0.39 is 15.6 Å². The molecule has 0 bridgehead atoms. The lowest BCUT2D eigenvalue weighted by Crippen LogP contribution is -2.47. The topological polar surface area (TPSA) is 72.2 Å². The SMILES string of the molecule is CC1(NS(=O)(=O)c2c(N)cc(Cl)cc2Cl)CCCCC1. The van der Waals surface area contributed by atoms with Gasteiger partial charge in [-0.05, 0) is 31.9 Å². The maximum absolute atomic E-state index is 12.5. The molecule has 20 heavy (non-hydrogen) atoms. The van der Waals surface area contributed by atoms with E-state index >= 15 is 0 Å². The van der Waals surface area contributed by atoms with Gasteiger partial charge in [0.25, 0.3) is 0 Å². The van der Waals surface area contributed by atoms with E-state index in [4.69, 9.17) is 28.9 Å². The van der Waals surface area contributed by atoms with Gasteiger partial charge in [0.05, 0.1) is 10.7 Å². The fourth-order valence-corrected chi connectivity index (χ4v) is 5.13. The van der Waals surface area contributed by atoms with Crippen molar-refractivity contribution in [1.82, 2.24) is 4.72 Å². The predicted molar refractivity (Wildman–Crippen MR) is 82.7 cm³/mol. The zero-order chi connectivity index (χ0) is 15.0. The van der Waals surface area contributed by atoms with Gasteiger partial charge < -0.3 is 5.73 Å². The molecule has 112 valence electrons. The normalized spacial score (nSPS) is 18.9. The number of nitrogens with one attached hydrogen (secondary N) is 1. The zero-order valence-electron chi connectivity index (χ0n) is 11.2. The Labute approximate surface area is 129 Å². The van der Waals surface area contributed by atoms with Crippen LogP contribution in [0.1, 0.15) is 39.0 Å². The molecule has 0 heterocycles. The highest BCUT2D eigenvalue weighted by atomic mass is 35.5. The molecule has 1 aliphatic carbocycles. The molecule has 0 saturated heterocycles. The van der Waals surface area contributed by atoms with Crippen LogP contribution < -0.4 is 10.5 Å². The summed E-state index contributed by atoms with van der Waals surface area (Å²) in [4.78, 5) is -0.0876. The van der Waals surface area contributed by atoms with E-state index in [0.29, 0.717) is 5.02 Å². The molecule has 1 fully saturated rings. The molecule has 0 aromatic heterocycles. The molecular formula is C13H18Cl2N2O2S. The second-order valence-corrected chi connectivity index (χ2v) is 8.00. The largest absolute Gasteiger partial charge is 0.398 e. The van der Waals surface area contributed by atoms with Crippen LogP contribution in [0.5, 0.6) is 0 Å². The Balaban J connectivity index is 2.36. The van der Waals surface area contributed by atoms with Gasteiger partial charge in [0, 0.05) is 10.6 Å². The Hall–Kier alpha value is -0.490. The third kappa shape index (κ3) is 3.39. The fraction of sp³-hybridized carbons (Fsp3) is 0.538. The van der Waals surface area contributed by atoms with E-state index in [2.05, 4.69) is 4.72 Å². The zero-order valence-corrected chi connectivity index (χ0v) is 13.6. The molecule has 2 rings (SSSR count). The van der Waals surface area contributed by atoms with E-state index in [1.165, 1.54) is 12.1 Å². The second-order valence-electron chi connectivity index (χ2n) is 5.53. The molecule has 1 aromatic carbocycles. The third-order valence-electron chi connectivity index (χ3n) is 3.64. The van der Waals surface area contributed by atoms with Crippen molar-refractivity contribution in [3.8, 4) is 0 Å². The first-order chi connectivity index (χ1) is 9.23. The van der Waals surface area contributed by atoms with Crippen LogP contribution in [-0.4, -0.2) is 14.0 Å². The quantitative estimate of drug-likeness (QED) is 0.828. The van der Waals surface area contributed by atoms with Crippen LogP contribution in [-0.2, 0) is 10.0 Å². The standard InChI is InChI=1S/C13H18Cl2N2O2S/c1-13(5-3-2-4-6-13)17-20(18,19)12-10(15)7-9(14)8-11(12)16/h7-8,17H,2-6,16H2,1H3. The summed E-state index contributed by atoms with van der Waals surface area (Å²) in [6.07, 6.45) is 4.81. The first kappa shape index (κ1) is 15.9. The van der Waals surface area contributed by atoms with Crippen molar-refractivity contribution in [3.63, 3.8) is 0 Å². The summed E-state index contributed by atoms with van der Waals surface area (Å²) in [5.74, 6) is 0. The summed E-state index contributed by atoms with van der Waals surface area (Å²) in [5.41, 5.74) is 5.39. The van der Waals surface area contributed by atoms with Gasteiger partial charge in [0.2, 0.25) is 10.0 Å². The van der Waals surface area contributed by atoms with E-state index in [9.17, 15) is 8.42 Å². The lowest BCUT2D eigenvalue weighted by Gasteiger charge is -2.34. The fourth-order valence-electron chi connectivity index (χ4n) is 2.67. The summed E-state index contributed by atoms with van der Waals surface area (Å²) in [7, 11) is -3.76. The molecular weight excluding hydrogens is 319 g/mol. The summed E-state index contributed by atoms with van der Waals surface area (Å²) >= 11 is 11.8. The monoisotopic (exact) mass is 336 g/mol. The smallest absolute Gasteiger partial charge is 0.244 e. The van der Waals surface area contributed by atoms with Crippen molar-refractivity contribution in [3.05, 3.63) is 22.2 Å². The molecule has 1 aromatic rings. The average molecular weight is 337 g/mol. The third-order valence-corrected chi connectivity index (χ3v) is 6.03. The highest BCUT2D eigenvalue weighted by molar-refractivity contribution is 7.89. The lowest BCUT2D eigenvalue weighted by molar-refractivity contribution is 0.294. The highest BCUT2D eigenvalue weighted by Crippen LogP contribution is 2.34. The summed E-state index contributed by atoms with van der Waals surface area (Å²) in [5, 5.41) is 0.359. The van der Waals surface area contributed by atoms with E-state index in [1.807, 2.05) is 6.92 Å². The van der Waals surface area contributed by atoms with Crippen molar-refractivity contribution in [2.45, 2.75) is 49.5 Å². The van der Waals surface area contributed by atoms with Gasteiger partial charge in [-0.15, -0.1) is 0 Å². The Morgan fingerprint density at radius 2 is 1.80 bits per heavy atom. The van der Waals surface area contributed by atoms with Crippen molar-refractivity contribution in [1.29, 1.82) is 0 Å². The van der Waals surface area contributed by atoms with Gasteiger partial charge in [-0.3, -0.25) is 0 Å². The molecule has 0 unspecified atom stereocenters. The summed E-state index contributed by atoms with van der Waals surface area (Å²) in [6.45, 7) is 1.92. The van der Waals surface area contributed by atoms with Gasteiger partial charge in [0.1, 0.15) is 4.90 Å². The van der Waals surface area contributed by atoms with Crippen molar-refractivity contribution in [2.24, 2.45) is 0 Å². The number of nitrogen functional groups attached to an aromatic ring is 1. The lowest BCUT2D eigenvalue weighted by atomic mass is 9.84. The molecule has 0 spiro atoms. The number of sulfonamides is 1. The highest BCUT2D eigenvalue weighted by Gasteiger charge is 2.33. The number of hydrogen-bond donors (Lipinski definition) is 2. The molecule has 1 saturated carbocycles. The maximum Gasteiger partial charge on any atom is 0.244 e. The predicted octanol–water partition coefficient (Wildman–Crippen LogP) is 3.58. The Kier molecular flexibility index (Phi) is 4.54. The van der Waals surface area contributed by atoms with Crippen LogP contribution in [0.2, 0.25) is 10.0 Å². The Bertz CT molecular complexity index is 588.